The van der Waals surface area contributed by atoms with Crippen LogP contribution in [0.15, 0.2) is 48.7 Å². The molecule has 0 saturated heterocycles. The van der Waals surface area contributed by atoms with E-state index < -0.39 is 17.6 Å². The van der Waals surface area contributed by atoms with E-state index in [1.54, 1.807) is 17.7 Å². The largest absolute Gasteiger partial charge is 0.623 e. The van der Waals surface area contributed by atoms with Crippen LogP contribution in [0.25, 0.3) is 5.69 Å². The van der Waals surface area contributed by atoms with Crippen LogP contribution >= 0.6 is 0 Å². The average Bonchev–Trinajstić information content (AvgIpc) is 2.90. The number of hydrogen-bond acceptors (Lipinski definition) is 2. The number of hydroxylamine groups is 1. The number of imidazole rings is 1. The van der Waals surface area contributed by atoms with Crippen LogP contribution in [-0.4, -0.2) is 20.0 Å². The summed E-state index contributed by atoms with van der Waals surface area (Å²) in [7, 11) is 0. The van der Waals surface area contributed by atoms with Crippen LogP contribution in [-0.2, 0) is 12.7 Å². The van der Waals surface area contributed by atoms with Crippen LogP contribution in [0.3, 0.4) is 0 Å². The van der Waals surface area contributed by atoms with Crippen LogP contribution in [0, 0.1) is 17.9 Å². The minimum Gasteiger partial charge on any atom is -0.623 e. The molecule has 0 unspecified atom stereocenters. The molecule has 1 aromatic heterocycles. The summed E-state index contributed by atoms with van der Waals surface area (Å²) in [5, 5.41) is 12.8. The van der Waals surface area contributed by atoms with Crippen molar-refractivity contribution in [2.45, 2.75) is 19.6 Å². The fourth-order valence-corrected chi connectivity index (χ4v) is 3.30. The second-order valence-corrected chi connectivity index (χ2v) is 6.25. The molecule has 0 atom stereocenters. The van der Waals surface area contributed by atoms with Gasteiger partial charge in [-0.2, -0.15) is 17.9 Å². The zero-order chi connectivity index (χ0) is 19.3. The predicted octanol–water partition coefficient (Wildman–Crippen LogP) is 4.20. The molecule has 0 bridgehead atoms. The van der Waals surface area contributed by atoms with Gasteiger partial charge in [-0.25, -0.2) is 9.37 Å². The fraction of sp³-hybridized carbons (Fsp3) is 0.158. The van der Waals surface area contributed by atoms with Gasteiger partial charge in [0, 0.05) is 11.9 Å². The highest BCUT2D eigenvalue weighted by Crippen LogP contribution is 2.34. The number of hydrogen-bond donors (Lipinski definition) is 0. The van der Waals surface area contributed by atoms with Crippen molar-refractivity contribution >= 4 is 5.71 Å². The number of aromatic nitrogens is 2. The van der Waals surface area contributed by atoms with Gasteiger partial charge >= 0.3 is 6.18 Å². The van der Waals surface area contributed by atoms with Crippen LogP contribution in [0.4, 0.5) is 17.6 Å². The third kappa shape index (κ3) is 2.77. The molecule has 0 amide bonds. The SMILES string of the molecule is Cc1cnc2n1-c1ccc(C(F)(F)F)cc1C(c1ccccc1F)=[N+]([O-])C2. The lowest BCUT2D eigenvalue weighted by Crippen LogP contribution is -2.20. The lowest BCUT2D eigenvalue weighted by Gasteiger charge is -2.15. The van der Waals surface area contributed by atoms with E-state index in [1.165, 1.54) is 24.3 Å². The molecule has 0 N–H and O–H groups in total. The first-order valence-corrected chi connectivity index (χ1v) is 8.09. The molecule has 1 aliphatic rings. The van der Waals surface area contributed by atoms with Gasteiger partial charge in [-0.05, 0) is 37.3 Å². The summed E-state index contributed by atoms with van der Waals surface area (Å²) in [4.78, 5) is 4.18. The molecule has 2 heterocycles. The van der Waals surface area contributed by atoms with Crippen molar-refractivity contribution in [1.82, 2.24) is 9.55 Å². The van der Waals surface area contributed by atoms with Crippen LogP contribution in [0.5, 0.6) is 0 Å². The summed E-state index contributed by atoms with van der Waals surface area (Å²) in [6.45, 7) is 1.52. The Morgan fingerprint density at radius 2 is 1.85 bits per heavy atom. The number of halogens is 4. The second-order valence-electron chi connectivity index (χ2n) is 6.25. The van der Waals surface area contributed by atoms with Gasteiger partial charge in [-0.3, -0.25) is 4.57 Å². The molecule has 4 rings (SSSR count). The molecule has 2 aromatic carbocycles. The Labute approximate surface area is 151 Å². The van der Waals surface area contributed by atoms with E-state index >= 15 is 0 Å². The Morgan fingerprint density at radius 1 is 1.11 bits per heavy atom. The van der Waals surface area contributed by atoms with Gasteiger partial charge in [0.2, 0.25) is 12.3 Å². The van der Waals surface area contributed by atoms with Crippen molar-refractivity contribution < 1.29 is 22.3 Å². The highest BCUT2D eigenvalue weighted by atomic mass is 19.4. The summed E-state index contributed by atoms with van der Waals surface area (Å²) in [6.07, 6.45) is -3.05. The zero-order valence-corrected chi connectivity index (χ0v) is 14.1. The first-order valence-electron chi connectivity index (χ1n) is 8.09. The number of aryl methyl sites for hydroxylation is 1. The van der Waals surface area contributed by atoms with Gasteiger partial charge in [0.1, 0.15) is 5.82 Å². The Bertz CT molecular complexity index is 1080. The molecular formula is C19H13F4N3O. The maximum Gasteiger partial charge on any atom is 0.416 e. The molecule has 0 spiro atoms. The standard InChI is InChI=1S/C19H13F4N3O/c1-11-9-24-17-10-25(27)18(13-4-2-3-5-15(13)20)14-8-12(19(21,22)23)6-7-16(14)26(11)17/h2-9H,10H2,1H3. The summed E-state index contributed by atoms with van der Waals surface area (Å²) in [5.41, 5.74) is -0.108. The molecule has 4 nitrogen and oxygen atoms in total. The molecule has 8 heteroatoms. The Hall–Kier alpha value is -3.16. The monoisotopic (exact) mass is 375 g/mol. The first kappa shape index (κ1) is 17.3. The van der Waals surface area contributed by atoms with E-state index in [0.717, 1.165) is 18.2 Å². The molecule has 0 aliphatic carbocycles. The third-order valence-electron chi connectivity index (χ3n) is 4.49. The molecule has 3 aromatic rings. The van der Waals surface area contributed by atoms with Crippen LogP contribution < -0.4 is 0 Å². The number of nitrogens with zero attached hydrogens (tertiary/aromatic N) is 3. The quantitative estimate of drug-likeness (QED) is 0.364. The molecule has 0 saturated carbocycles. The van der Waals surface area contributed by atoms with Gasteiger partial charge in [-0.1, -0.05) is 12.1 Å². The maximum absolute atomic E-state index is 14.4. The van der Waals surface area contributed by atoms with E-state index in [9.17, 15) is 22.8 Å². The molecule has 1 aliphatic heterocycles. The van der Waals surface area contributed by atoms with Gasteiger partial charge < -0.3 is 5.21 Å². The lowest BCUT2D eigenvalue weighted by atomic mass is 9.97. The number of rotatable bonds is 1. The zero-order valence-electron chi connectivity index (χ0n) is 14.1. The fourth-order valence-electron chi connectivity index (χ4n) is 3.30. The normalized spacial score (nSPS) is 14.0. The van der Waals surface area contributed by atoms with E-state index in [4.69, 9.17) is 0 Å². The van der Waals surface area contributed by atoms with Crippen molar-refractivity contribution in [3.63, 3.8) is 0 Å². The molecular weight excluding hydrogens is 362 g/mol. The van der Waals surface area contributed by atoms with Crippen molar-refractivity contribution in [3.8, 4) is 5.69 Å². The molecule has 0 fully saturated rings. The topological polar surface area (TPSA) is 43.9 Å². The van der Waals surface area contributed by atoms with Gasteiger partial charge in [-0.15, -0.1) is 0 Å². The van der Waals surface area contributed by atoms with Crippen molar-refractivity contribution in [2.75, 3.05) is 0 Å². The number of fused-ring (bicyclic) bond motifs is 3. The number of alkyl halides is 3. The lowest BCUT2D eigenvalue weighted by molar-refractivity contribution is -0.475. The van der Waals surface area contributed by atoms with E-state index in [2.05, 4.69) is 4.98 Å². The van der Waals surface area contributed by atoms with E-state index in [1.807, 2.05) is 0 Å². The van der Waals surface area contributed by atoms with Crippen molar-refractivity contribution in [2.24, 2.45) is 0 Å². The summed E-state index contributed by atoms with van der Waals surface area (Å²) in [6, 6.07) is 8.64. The van der Waals surface area contributed by atoms with Crippen LogP contribution in [0.2, 0.25) is 0 Å². The van der Waals surface area contributed by atoms with Gasteiger partial charge in [0.25, 0.3) is 0 Å². The van der Waals surface area contributed by atoms with E-state index in [-0.39, 0.29) is 23.4 Å². The summed E-state index contributed by atoms with van der Waals surface area (Å²) >= 11 is 0. The van der Waals surface area contributed by atoms with Crippen molar-refractivity contribution in [3.05, 3.63) is 87.9 Å². The van der Waals surface area contributed by atoms with Crippen molar-refractivity contribution in [1.29, 1.82) is 0 Å². The Kier molecular flexibility index (Phi) is 3.80. The minimum absolute atomic E-state index is 0.00442. The summed E-state index contributed by atoms with van der Waals surface area (Å²) < 4.78 is 56.4. The molecule has 0 radical (unpaired) electrons. The molecule has 138 valence electrons. The average molecular weight is 375 g/mol. The minimum atomic E-state index is -4.60. The van der Waals surface area contributed by atoms with E-state index in [0.29, 0.717) is 21.9 Å². The third-order valence-corrected chi connectivity index (χ3v) is 4.49. The van der Waals surface area contributed by atoms with Gasteiger partial charge in [0.15, 0.2) is 5.82 Å². The molecule has 27 heavy (non-hydrogen) atoms. The number of benzene rings is 2. The highest BCUT2D eigenvalue weighted by Gasteiger charge is 2.35. The Morgan fingerprint density at radius 3 is 2.56 bits per heavy atom. The Balaban J connectivity index is 2.09. The second kappa shape index (κ2) is 5.94. The highest BCUT2D eigenvalue weighted by molar-refractivity contribution is 6.12. The van der Waals surface area contributed by atoms with Gasteiger partial charge in [0.05, 0.1) is 22.4 Å². The van der Waals surface area contributed by atoms with Crippen LogP contribution in [0.1, 0.15) is 28.2 Å². The summed E-state index contributed by atoms with van der Waals surface area (Å²) in [5.74, 6) is -0.317. The first-order chi connectivity index (χ1) is 12.8. The smallest absolute Gasteiger partial charge is 0.416 e. The predicted molar refractivity (Wildman–Crippen MR) is 90.2 cm³/mol. The maximum atomic E-state index is 14.4.